The van der Waals surface area contributed by atoms with Gasteiger partial charge in [-0.3, -0.25) is 0 Å². The van der Waals surface area contributed by atoms with Crippen LogP contribution in [0.5, 0.6) is 0 Å². The van der Waals surface area contributed by atoms with Crippen LogP contribution in [-0.4, -0.2) is 26.7 Å². The van der Waals surface area contributed by atoms with Gasteiger partial charge in [0.1, 0.15) is 5.82 Å². The second-order valence-corrected chi connectivity index (χ2v) is 6.13. The molecule has 0 spiro atoms. The first-order valence-corrected chi connectivity index (χ1v) is 8.29. The molecule has 1 aromatic carbocycles. The van der Waals surface area contributed by atoms with Crippen molar-refractivity contribution in [3.05, 3.63) is 52.6 Å². The average molecular weight is 342 g/mol. The number of aromatic nitrogens is 4. The van der Waals surface area contributed by atoms with Crippen molar-refractivity contribution in [1.82, 2.24) is 20.1 Å². The van der Waals surface area contributed by atoms with E-state index in [0.29, 0.717) is 23.4 Å². The Kier molecular flexibility index (Phi) is 3.90. The fourth-order valence-electron chi connectivity index (χ4n) is 2.77. The summed E-state index contributed by atoms with van der Waals surface area (Å²) in [6, 6.07) is 7.93. The first-order chi connectivity index (χ1) is 11.7. The number of rotatable bonds is 3. The maximum Gasteiger partial charge on any atom is 0.324 e. The zero-order valence-corrected chi connectivity index (χ0v) is 14.0. The summed E-state index contributed by atoms with van der Waals surface area (Å²) in [5.41, 5.74) is 3.07. The first kappa shape index (κ1) is 15.1. The zero-order chi connectivity index (χ0) is 16.5. The molecule has 3 heterocycles. The summed E-state index contributed by atoms with van der Waals surface area (Å²) >= 11 is 6.02. The van der Waals surface area contributed by atoms with E-state index in [1.54, 1.807) is 0 Å². The van der Waals surface area contributed by atoms with Crippen molar-refractivity contribution in [1.29, 1.82) is 0 Å². The van der Waals surface area contributed by atoms with E-state index < -0.39 is 0 Å². The van der Waals surface area contributed by atoms with Crippen LogP contribution in [0.15, 0.2) is 35.0 Å². The monoisotopic (exact) mass is 341 g/mol. The van der Waals surface area contributed by atoms with Crippen LogP contribution >= 0.6 is 11.6 Å². The van der Waals surface area contributed by atoms with Crippen molar-refractivity contribution < 1.29 is 4.52 Å². The number of aryl methyl sites for hydroxylation is 1. The van der Waals surface area contributed by atoms with Gasteiger partial charge in [-0.05, 0) is 24.1 Å². The highest BCUT2D eigenvalue weighted by Gasteiger charge is 2.23. The normalized spacial score (nSPS) is 13.8. The molecule has 0 radical (unpaired) electrons. The lowest BCUT2D eigenvalue weighted by atomic mass is 10.1. The van der Waals surface area contributed by atoms with E-state index in [1.807, 2.05) is 30.5 Å². The molecule has 0 saturated heterocycles. The molecule has 122 valence electrons. The van der Waals surface area contributed by atoms with Gasteiger partial charge < -0.3 is 9.42 Å². The van der Waals surface area contributed by atoms with Crippen molar-refractivity contribution >= 4 is 17.6 Å². The summed E-state index contributed by atoms with van der Waals surface area (Å²) in [6.45, 7) is 3.51. The third-order valence-corrected chi connectivity index (χ3v) is 4.32. The van der Waals surface area contributed by atoms with Gasteiger partial charge in [-0.2, -0.15) is 4.98 Å². The van der Waals surface area contributed by atoms with E-state index in [0.717, 1.165) is 36.5 Å². The fraction of sp³-hybridized carbons (Fsp3) is 0.294. The average Bonchev–Trinajstić information content (AvgIpc) is 3.11. The molecule has 24 heavy (non-hydrogen) atoms. The first-order valence-electron chi connectivity index (χ1n) is 7.91. The summed E-state index contributed by atoms with van der Waals surface area (Å²) in [5, 5.41) is 4.72. The fourth-order valence-corrected chi connectivity index (χ4v) is 2.96. The molecule has 1 aliphatic rings. The van der Waals surface area contributed by atoms with E-state index in [2.05, 4.69) is 31.9 Å². The molecule has 3 aromatic rings. The Morgan fingerprint density at radius 2 is 2.21 bits per heavy atom. The number of hydrogen-bond acceptors (Lipinski definition) is 6. The number of benzene rings is 1. The maximum atomic E-state index is 6.02. The Morgan fingerprint density at radius 3 is 3.04 bits per heavy atom. The summed E-state index contributed by atoms with van der Waals surface area (Å²) < 4.78 is 5.45. The second kappa shape index (κ2) is 6.20. The lowest BCUT2D eigenvalue weighted by Gasteiger charge is -2.26. The molecular formula is C17H16ClN5O. The summed E-state index contributed by atoms with van der Waals surface area (Å²) in [5.74, 6) is 1.40. The molecule has 0 saturated carbocycles. The molecule has 1 aliphatic heterocycles. The molecule has 7 heteroatoms. The van der Waals surface area contributed by atoms with Gasteiger partial charge in [0, 0.05) is 29.7 Å². The van der Waals surface area contributed by atoms with Gasteiger partial charge in [0.2, 0.25) is 5.82 Å². The highest BCUT2D eigenvalue weighted by molar-refractivity contribution is 6.30. The Bertz CT molecular complexity index is 879. The number of fused-ring (bicyclic) bond motifs is 1. The van der Waals surface area contributed by atoms with Crippen LogP contribution in [0, 0.1) is 0 Å². The van der Waals surface area contributed by atoms with Crippen molar-refractivity contribution in [2.45, 2.75) is 26.3 Å². The van der Waals surface area contributed by atoms with E-state index in [4.69, 9.17) is 16.1 Å². The molecule has 0 aliphatic carbocycles. The minimum absolute atomic E-state index is 0.507. The van der Waals surface area contributed by atoms with Crippen molar-refractivity contribution in [2.24, 2.45) is 0 Å². The minimum atomic E-state index is 0.507. The SMILES string of the molecule is CCc1ncc2c(n1)CN(c1nc(-c3cccc(Cl)c3)no1)CC2. The lowest BCUT2D eigenvalue weighted by Crippen LogP contribution is -2.31. The third-order valence-electron chi connectivity index (χ3n) is 4.08. The van der Waals surface area contributed by atoms with Crippen LogP contribution in [0.2, 0.25) is 5.02 Å². The predicted octanol–water partition coefficient (Wildman–Crippen LogP) is 3.31. The van der Waals surface area contributed by atoms with Crippen LogP contribution in [0.1, 0.15) is 24.0 Å². The van der Waals surface area contributed by atoms with Crippen LogP contribution in [0.3, 0.4) is 0 Å². The quantitative estimate of drug-likeness (QED) is 0.728. The molecule has 0 fully saturated rings. The number of anilines is 1. The molecule has 0 amide bonds. The number of halogens is 1. The molecule has 2 aromatic heterocycles. The smallest absolute Gasteiger partial charge is 0.318 e. The zero-order valence-electron chi connectivity index (χ0n) is 13.2. The van der Waals surface area contributed by atoms with E-state index in [9.17, 15) is 0 Å². The van der Waals surface area contributed by atoms with Gasteiger partial charge in [-0.1, -0.05) is 35.8 Å². The Labute approximate surface area is 144 Å². The van der Waals surface area contributed by atoms with Gasteiger partial charge >= 0.3 is 6.01 Å². The Balaban J connectivity index is 1.59. The summed E-state index contributed by atoms with van der Waals surface area (Å²) in [6.07, 6.45) is 3.63. The van der Waals surface area contributed by atoms with E-state index >= 15 is 0 Å². The number of hydrogen-bond donors (Lipinski definition) is 0. The van der Waals surface area contributed by atoms with Gasteiger partial charge in [-0.15, -0.1) is 0 Å². The van der Waals surface area contributed by atoms with Gasteiger partial charge in [0.25, 0.3) is 0 Å². The second-order valence-electron chi connectivity index (χ2n) is 5.69. The molecule has 0 unspecified atom stereocenters. The lowest BCUT2D eigenvalue weighted by molar-refractivity contribution is 0.410. The Morgan fingerprint density at radius 1 is 1.29 bits per heavy atom. The van der Waals surface area contributed by atoms with Crippen LogP contribution < -0.4 is 4.90 Å². The predicted molar refractivity (Wildman–Crippen MR) is 90.9 cm³/mol. The van der Waals surface area contributed by atoms with Crippen molar-refractivity contribution in [2.75, 3.05) is 11.4 Å². The van der Waals surface area contributed by atoms with E-state index in [1.165, 1.54) is 5.56 Å². The maximum absolute atomic E-state index is 6.02. The van der Waals surface area contributed by atoms with Crippen molar-refractivity contribution in [3.8, 4) is 11.4 Å². The summed E-state index contributed by atoms with van der Waals surface area (Å²) in [4.78, 5) is 15.5. The van der Waals surface area contributed by atoms with Gasteiger partial charge in [-0.25, -0.2) is 9.97 Å². The standard InChI is InChI=1S/C17H16ClN5O/c1-2-15-19-9-12-6-7-23(10-14(12)20-15)17-21-16(22-24-17)11-4-3-5-13(18)8-11/h3-5,8-9H,2,6-7,10H2,1H3. The highest BCUT2D eigenvalue weighted by Crippen LogP contribution is 2.25. The van der Waals surface area contributed by atoms with Crippen LogP contribution in [0.25, 0.3) is 11.4 Å². The van der Waals surface area contributed by atoms with Gasteiger partial charge in [0.15, 0.2) is 0 Å². The van der Waals surface area contributed by atoms with Crippen LogP contribution in [-0.2, 0) is 19.4 Å². The van der Waals surface area contributed by atoms with E-state index in [-0.39, 0.29) is 0 Å². The van der Waals surface area contributed by atoms with Gasteiger partial charge in [0.05, 0.1) is 12.2 Å². The molecule has 4 rings (SSSR count). The molecule has 0 bridgehead atoms. The van der Waals surface area contributed by atoms with Crippen LogP contribution in [0.4, 0.5) is 6.01 Å². The largest absolute Gasteiger partial charge is 0.324 e. The molecule has 0 N–H and O–H groups in total. The minimum Gasteiger partial charge on any atom is -0.318 e. The third kappa shape index (κ3) is 2.85. The summed E-state index contributed by atoms with van der Waals surface area (Å²) in [7, 11) is 0. The molecular weight excluding hydrogens is 326 g/mol. The van der Waals surface area contributed by atoms with Crippen molar-refractivity contribution in [3.63, 3.8) is 0 Å². The molecule has 0 atom stereocenters. The Hall–Kier alpha value is -2.47. The number of nitrogens with zero attached hydrogens (tertiary/aromatic N) is 5. The molecule has 6 nitrogen and oxygen atoms in total. The topological polar surface area (TPSA) is 67.9 Å². The highest BCUT2D eigenvalue weighted by atomic mass is 35.5.